The van der Waals surface area contributed by atoms with Crippen molar-refractivity contribution in [2.45, 2.75) is 6.61 Å². The van der Waals surface area contributed by atoms with Gasteiger partial charge in [0.1, 0.15) is 11.6 Å². The van der Waals surface area contributed by atoms with Crippen molar-refractivity contribution in [3.8, 4) is 17.0 Å². The Kier molecular flexibility index (Phi) is 4.23. The molecule has 112 valence electrons. The van der Waals surface area contributed by atoms with Crippen molar-refractivity contribution in [2.75, 3.05) is 14.2 Å². The molecule has 1 aromatic heterocycles. The molecule has 2 rings (SSSR count). The van der Waals surface area contributed by atoms with Gasteiger partial charge in [0.2, 0.25) is 0 Å². The molecule has 0 saturated heterocycles. The Labute approximate surface area is 120 Å². The molecular formula is C14H15FN2O4. The third-order valence-electron chi connectivity index (χ3n) is 3.08. The van der Waals surface area contributed by atoms with Gasteiger partial charge in [-0.25, -0.2) is 9.18 Å². The Morgan fingerprint density at radius 3 is 2.67 bits per heavy atom. The minimum absolute atomic E-state index is 0.0481. The second kappa shape index (κ2) is 5.92. The van der Waals surface area contributed by atoms with Gasteiger partial charge in [-0.05, 0) is 18.2 Å². The van der Waals surface area contributed by atoms with Gasteiger partial charge in [0.05, 0.1) is 25.0 Å². The number of methoxy groups -OCH3 is 2. The number of hydrogen-bond acceptors (Lipinski definition) is 4. The number of halogens is 1. The van der Waals surface area contributed by atoms with Crippen molar-refractivity contribution in [3.63, 3.8) is 0 Å². The molecule has 0 bridgehead atoms. The van der Waals surface area contributed by atoms with Crippen molar-refractivity contribution in [2.24, 2.45) is 7.05 Å². The summed E-state index contributed by atoms with van der Waals surface area (Å²) in [6, 6.07) is 4.46. The van der Waals surface area contributed by atoms with Crippen LogP contribution in [0, 0.1) is 5.82 Å². The van der Waals surface area contributed by atoms with E-state index in [1.165, 1.54) is 31.0 Å². The van der Waals surface area contributed by atoms with Gasteiger partial charge in [-0.3, -0.25) is 4.68 Å². The summed E-state index contributed by atoms with van der Waals surface area (Å²) < 4.78 is 26.0. The Bertz CT molecular complexity index is 682. The lowest BCUT2D eigenvalue weighted by atomic mass is 10.1. The molecule has 0 fully saturated rings. The fourth-order valence-corrected chi connectivity index (χ4v) is 2.10. The van der Waals surface area contributed by atoms with Crippen LogP contribution in [0.1, 0.15) is 16.1 Å². The molecule has 6 nitrogen and oxygen atoms in total. The number of carboxylic acid groups (broad SMARTS) is 1. The number of aromatic nitrogens is 2. The van der Waals surface area contributed by atoms with E-state index in [0.29, 0.717) is 11.4 Å². The van der Waals surface area contributed by atoms with Gasteiger partial charge in [0.25, 0.3) is 0 Å². The van der Waals surface area contributed by atoms with Crippen LogP contribution in [0.3, 0.4) is 0 Å². The van der Waals surface area contributed by atoms with Crippen LogP contribution in [0.4, 0.5) is 4.39 Å². The van der Waals surface area contributed by atoms with Crippen LogP contribution in [0.2, 0.25) is 0 Å². The standard InChI is InChI=1S/C14H15FN2O4/c1-17-11(6-10(16-17)14(18)19)8-4-5-12(21-3)9(7-20-2)13(8)15/h4-6H,7H2,1-3H3,(H,18,19). The second-order valence-electron chi connectivity index (χ2n) is 4.38. The summed E-state index contributed by atoms with van der Waals surface area (Å²) in [6.07, 6.45) is 0. The van der Waals surface area contributed by atoms with E-state index in [1.54, 1.807) is 13.1 Å². The molecule has 21 heavy (non-hydrogen) atoms. The first-order chi connectivity index (χ1) is 9.99. The van der Waals surface area contributed by atoms with E-state index in [9.17, 15) is 9.18 Å². The van der Waals surface area contributed by atoms with E-state index in [0.717, 1.165) is 0 Å². The number of benzene rings is 1. The molecule has 0 unspecified atom stereocenters. The molecule has 0 aliphatic carbocycles. The minimum atomic E-state index is -1.16. The van der Waals surface area contributed by atoms with Crippen molar-refractivity contribution < 1.29 is 23.8 Å². The van der Waals surface area contributed by atoms with Crippen LogP contribution < -0.4 is 4.74 Å². The molecule has 0 spiro atoms. The number of aryl methyl sites for hydroxylation is 1. The van der Waals surface area contributed by atoms with Crippen LogP contribution in [0.15, 0.2) is 18.2 Å². The van der Waals surface area contributed by atoms with E-state index in [-0.39, 0.29) is 23.4 Å². The molecule has 1 N–H and O–H groups in total. The molecule has 0 amide bonds. The van der Waals surface area contributed by atoms with Crippen LogP contribution >= 0.6 is 0 Å². The Balaban J connectivity index is 2.59. The zero-order chi connectivity index (χ0) is 15.6. The Hall–Kier alpha value is -2.41. The lowest BCUT2D eigenvalue weighted by molar-refractivity contribution is 0.0689. The fraction of sp³-hybridized carbons (Fsp3) is 0.286. The fourth-order valence-electron chi connectivity index (χ4n) is 2.10. The average molecular weight is 294 g/mol. The average Bonchev–Trinajstić information content (AvgIpc) is 2.83. The number of nitrogens with zero attached hydrogens (tertiary/aromatic N) is 2. The summed E-state index contributed by atoms with van der Waals surface area (Å²) in [6.45, 7) is 0.0481. The van der Waals surface area contributed by atoms with E-state index < -0.39 is 11.8 Å². The highest BCUT2D eigenvalue weighted by Gasteiger charge is 2.19. The molecule has 1 heterocycles. The van der Waals surface area contributed by atoms with Crippen molar-refractivity contribution in [1.29, 1.82) is 0 Å². The third-order valence-corrected chi connectivity index (χ3v) is 3.08. The van der Waals surface area contributed by atoms with Crippen LogP contribution in [0.25, 0.3) is 11.3 Å². The molecule has 0 aliphatic heterocycles. The van der Waals surface area contributed by atoms with E-state index in [4.69, 9.17) is 14.6 Å². The van der Waals surface area contributed by atoms with Crippen LogP contribution in [-0.4, -0.2) is 35.1 Å². The molecule has 1 aromatic carbocycles. The van der Waals surface area contributed by atoms with Crippen LogP contribution in [0.5, 0.6) is 5.75 Å². The maximum atomic E-state index is 14.6. The summed E-state index contributed by atoms with van der Waals surface area (Å²) in [5.41, 5.74) is 0.738. The molecular weight excluding hydrogens is 279 g/mol. The summed E-state index contributed by atoms with van der Waals surface area (Å²) in [5.74, 6) is -1.31. The predicted octanol–water partition coefficient (Wildman–Crippen LogP) is 2.08. The van der Waals surface area contributed by atoms with Crippen molar-refractivity contribution >= 4 is 5.97 Å². The summed E-state index contributed by atoms with van der Waals surface area (Å²) >= 11 is 0. The molecule has 0 radical (unpaired) electrons. The number of aromatic carboxylic acids is 1. The van der Waals surface area contributed by atoms with Gasteiger partial charge >= 0.3 is 5.97 Å². The number of carbonyl (C=O) groups is 1. The van der Waals surface area contributed by atoms with Crippen molar-refractivity contribution in [1.82, 2.24) is 9.78 Å². The monoisotopic (exact) mass is 294 g/mol. The third kappa shape index (κ3) is 2.73. The topological polar surface area (TPSA) is 73.6 Å². The number of carboxylic acids is 1. The van der Waals surface area contributed by atoms with Gasteiger partial charge in [0.15, 0.2) is 5.69 Å². The summed E-state index contributed by atoms with van der Waals surface area (Å²) in [5, 5.41) is 12.8. The summed E-state index contributed by atoms with van der Waals surface area (Å²) in [7, 11) is 4.46. The molecule has 0 atom stereocenters. The molecule has 0 saturated carbocycles. The van der Waals surface area contributed by atoms with Crippen molar-refractivity contribution in [3.05, 3.63) is 35.3 Å². The highest BCUT2D eigenvalue weighted by Crippen LogP contribution is 2.31. The van der Waals surface area contributed by atoms with E-state index in [1.807, 2.05) is 0 Å². The zero-order valence-electron chi connectivity index (χ0n) is 11.9. The number of rotatable bonds is 5. The lowest BCUT2D eigenvalue weighted by Gasteiger charge is -2.12. The zero-order valence-corrected chi connectivity index (χ0v) is 11.9. The summed E-state index contributed by atoms with van der Waals surface area (Å²) in [4.78, 5) is 10.9. The van der Waals surface area contributed by atoms with E-state index in [2.05, 4.69) is 5.10 Å². The first-order valence-electron chi connectivity index (χ1n) is 6.11. The first-order valence-corrected chi connectivity index (χ1v) is 6.11. The first kappa shape index (κ1) is 15.0. The maximum absolute atomic E-state index is 14.6. The van der Waals surface area contributed by atoms with Gasteiger partial charge in [-0.2, -0.15) is 5.10 Å². The Morgan fingerprint density at radius 1 is 1.43 bits per heavy atom. The van der Waals surface area contributed by atoms with Gasteiger partial charge in [-0.15, -0.1) is 0 Å². The highest BCUT2D eigenvalue weighted by atomic mass is 19.1. The number of ether oxygens (including phenoxy) is 2. The lowest BCUT2D eigenvalue weighted by Crippen LogP contribution is -2.02. The SMILES string of the molecule is COCc1c(OC)ccc(-c2cc(C(=O)O)nn2C)c1F. The number of hydrogen-bond donors (Lipinski definition) is 1. The van der Waals surface area contributed by atoms with E-state index >= 15 is 0 Å². The van der Waals surface area contributed by atoms with Crippen LogP contribution in [-0.2, 0) is 18.4 Å². The van der Waals surface area contributed by atoms with Gasteiger partial charge in [-0.1, -0.05) is 0 Å². The Morgan fingerprint density at radius 2 is 2.14 bits per heavy atom. The predicted molar refractivity (Wildman–Crippen MR) is 72.8 cm³/mol. The highest BCUT2D eigenvalue weighted by molar-refractivity contribution is 5.87. The largest absolute Gasteiger partial charge is 0.496 e. The minimum Gasteiger partial charge on any atom is -0.496 e. The quantitative estimate of drug-likeness (QED) is 0.914. The maximum Gasteiger partial charge on any atom is 0.356 e. The smallest absolute Gasteiger partial charge is 0.356 e. The second-order valence-corrected chi connectivity index (χ2v) is 4.38. The molecule has 2 aromatic rings. The van der Waals surface area contributed by atoms with Gasteiger partial charge < -0.3 is 14.6 Å². The normalized spacial score (nSPS) is 10.7. The van der Waals surface area contributed by atoms with Gasteiger partial charge in [0, 0.05) is 19.7 Å². The molecule has 0 aliphatic rings. The molecule has 7 heteroatoms.